The summed E-state index contributed by atoms with van der Waals surface area (Å²) in [5, 5.41) is 8.68. The third kappa shape index (κ3) is 3.90. The van der Waals surface area contributed by atoms with Crippen LogP contribution in [0.4, 0.5) is 0 Å². The van der Waals surface area contributed by atoms with E-state index >= 15 is 0 Å². The Hall–Kier alpha value is -3.26. The summed E-state index contributed by atoms with van der Waals surface area (Å²) in [5.74, 6) is 0.367. The van der Waals surface area contributed by atoms with Crippen molar-refractivity contribution in [3.05, 3.63) is 69.8 Å². The number of hydrogen-bond acceptors (Lipinski definition) is 6. The van der Waals surface area contributed by atoms with Crippen LogP contribution in [-0.4, -0.2) is 33.0 Å². The fraction of sp³-hybridized carbons (Fsp3) is 0.217. The molecule has 2 aromatic heterocycles. The van der Waals surface area contributed by atoms with Gasteiger partial charge in [0, 0.05) is 5.56 Å². The largest absolute Gasteiger partial charge is 0.464 e. The van der Waals surface area contributed by atoms with Crippen LogP contribution >= 0.6 is 15.9 Å². The molecule has 8 heteroatoms. The topological polar surface area (TPSA) is 83.0 Å². The number of rotatable bonds is 5. The zero-order valence-electron chi connectivity index (χ0n) is 17.6. The number of ether oxygens (including phenoxy) is 1. The van der Waals surface area contributed by atoms with E-state index in [0.717, 1.165) is 22.4 Å². The number of hydrogen-bond donors (Lipinski definition) is 0. The van der Waals surface area contributed by atoms with E-state index in [1.165, 1.54) is 7.11 Å². The summed E-state index contributed by atoms with van der Waals surface area (Å²) in [7, 11) is 1.32. The lowest BCUT2D eigenvalue weighted by molar-refractivity contribution is 0.0592. The molecule has 4 rings (SSSR count). The number of halogens is 1. The minimum Gasteiger partial charge on any atom is -0.464 e. The van der Waals surface area contributed by atoms with Gasteiger partial charge < -0.3 is 9.26 Å². The van der Waals surface area contributed by atoms with E-state index in [0.29, 0.717) is 16.0 Å². The van der Waals surface area contributed by atoms with Crippen LogP contribution in [0, 0.1) is 6.92 Å². The summed E-state index contributed by atoms with van der Waals surface area (Å²) in [6.07, 6.45) is 0. The predicted octanol–water partition coefficient (Wildman–Crippen LogP) is 5.57. The van der Waals surface area contributed by atoms with E-state index in [2.05, 4.69) is 45.0 Å². The summed E-state index contributed by atoms with van der Waals surface area (Å²) in [6, 6.07) is 15.7. The highest BCUT2D eigenvalue weighted by molar-refractivity contribution is 9.10. The minimum absolute atomic E-state index is 0.131. The number of benzene rings is 2. The van der Waals surface area contributed by atoms with Crippen LogP contribution in [0.1, 0.15) is 41.4 Å². The number of aromatic nitrogens is 4. The van der Waals surface area contributed by atoms with Crippen molar-refractivity contribution >= 4 is 21.9 Å². The maximum Gasteiger partial charge on any atom is 0.359 e. The maximum absolute atomic E-state index is 12.4. The molecule has 0 fully saturated rings. The van der Waals surface area contributed by atoms with Crippen molar-refractivity contribution in [2.45, 2.75) is 26.7 Å². The fourth-order valence-electron chi connectivity index (χ4n) is 3.37. The Balaban J connectivity index is 1.92. The highest BCUT2D eigenvalue weighted by Crippen LogP contribution is 2.35. The van der Waals surface area contributed by atoms with Crippen molar-refractivity contribution in [3.8, 4) is 28.7 Å². The van der Waals surface area contributed by atoms with Crippen LogP contribution < -0.4 is 0 Å². The molecule has 7 nitrogen and oxygen atoms in total. The average molecular weight is 481 g/mol. The highest BCUT2D eigenvalue weighted by atomic mass is 79.9. The smallest absolute Gasteiger partial charge is 0.359 e. The highest BCUT2D eigenvalue weighted by Gasteiger charge is 2.28. The minimum atomic E-state index is -0.563. The molecule has 0 spiro atoms. The molecule has 2 aromatic carbocycles. The van der Waals surface area contributed by atoms with Gasteiger partial charge in [-0.2, -0.15) is 10.1 Å². The molecule has 0 bridgehead atoms. The Labute approximate surface area is 188 Å². The van der Waals surface area contributed by atoms with Gasteiger partial charge in [0.25, 0.3) is 5.89 Å². The van der Waals surface area contributed by atoms with Crippen LogP contribution in [-0.2, 0) is 4.74 Å². The van der Waals surface area contributed by atoms with E-state index < -0.39 is 5.97 Å². The van der Waals surface area contributed by atoms with E-state index in [9.17, 15) is 4.79 Å². The lowest BCUT2D eigenvalue weighted by Gasteiger charge is -2.13. The SMILES string of the molecule is COC(=O)c1nn(-c2ccccc2C(C)C)c(-c2nc(-c3cccc(C)c3)no2)c1Br. The standard InChI is InChI=1S/C23H21BrN4O3/c1-13(2)16-10-5-6-11-17(16)28-20(18(24)19(26-28)23(29)30-4)22-25-21(27-31-22)15-9-7-8-14(3)12-15/h5-13H,1-4H3. The number of esters is 1. The molecule has 4 aromatic rings. The Morgan fingerprint density at radius 3 is 2.65 bits per heavy atom. The van der Waals surface area contributed by atoms with Gasteiger partial charge in [0.2, 0.25) is 5.82 Å². The first-order chi connectivity index (χ1) is 14.9. The molecule has 0 aliphatic rings. The Kier molecular flexibility index (Phi) is 5.73. The van der Waals surface area contributed by atoms with Crippen LogP contribution in [0.3, 0.4) is 0 Å². The Bertz CT molecular complexity index is 1260. The van der Waals surface area contributed by atoms with Gasteiger partial charge in [-0.25, -0.2) is 9.48 Å². The van der Waals surface area contributed by atoms with Gasteiger partial charge in [-0.15, -0.1) is 0 Å². The van der Waals surface area contributed by atoms with Gasteiger partial charge >= 0.3 is 5.97 Å². The van der Waals surface area contributed by atoms with E-state index in [-0.39, 0.29) is 17.5 Å². The number of aryl methyl sites for hydroxylation is 1. The molecule has 158 valence electrons. The number of carbonyl (C=O) groups excluding carboxylic acids is 1. The van der Waals surface area contributed by atoms with Crippen molar-refractivity contribution in [1.82, 2.24) is 19.9 Å². The first kappa shape index (κ1) is 21.0. The summed E-state index contributed by atoms with van der Waals surface area (Å²) >= 11 is 3.50. The van der Waals surface area contributed by atoms with E-state index in [4.69, 9.17) is 9.26 Å². The van der Waals surface area contributed by atoms with Gasteiger partial charge in [0.1, 0.15) is 5.69 Å². The number of nitrogens with zero attached hydrogens (tertiary/aromatic N) is 4. The summed E-state index contributed by atoms with van der Waals surface area (Å²) in [4.78, 5) is 16.9. The van der Waals surface area contributed by atoms with Crippen LogP contribution in [0.15, 0.2) is 57.5 Å². The number of para-hydroxylation sites is 1. The van der Waals surface area contributed by atoms with Crippen LogP contribution in [0.25, 0.3) is 28.7 Å². The van der Waals surface area contributed by atoms with Crippen molar-refractivity contribution in [1.29, 1.82) is 0 Å². The maximum atomic E-state index is 12.4. The monoisotopic (exact) mass is 480 g/mol. The molecule has 0 N–H and O–H groups in total. The fourth-order valence-corrected chi connectivity index (χ4v) is 3.95. The normalized spacial score (nSPS) is 11.2. The average Bonchev–Trinajstić information content (AvgIpc) is 3.37. The van der Waals surface area contributed by atoms with Crippen molar-refractivity contribution in [2.75, 3.05) is 7.11 Å². The molecule has 0 aliphatic carbocycles. The van der Waals surface area contributed by atoms with Crippen LogP contribution in [0.5, 0.6) is 0 Å². The van der Waals surface area contributed by atoms with Gasteiger partial charge in [0.15, 0.2) is 5.69 Å². The molecule has 0 atom stereocenters. The molecule has 0 amide bonds. The lowest BCUT2D eigenvalue weighted by Crippen LogP contribution is -2.07. The van der Waals surface area contributed by atoms with Crippen molar-refractivity contribution in [3.63, 3.8) is 0 Å². The van der Waals surface area contributed by atoms with Crippen LogP contribution in [0.2, 0.25) is 0 Å². The number of methoxy groups -OCH3 is 1. The zero-order valence-corrected chi connectivity index (χ0v) is 19.2. The first-order valence-electron chi connectivity index (χ1n) is 9.78. The predicted molar refractivity (Wildman–Crippen MR) is 120 cm³/mol. The molecule has 0 saturated carbocycles. The van der Waals surface area contributed by atoms with Crippen molar-refractivity contribution in [2.24, 2.45) is 0 Å². The first-order valence-corrected chi connectivity index (χ1v) is 10.6. The summed E-state index contributed by atoms with van der Waals surface area (Å²) in [5.41, 5.74) is 4.43. The van der Waals surface area contributed by atoms with E-state index in [1.54, 1.807) is 4.68 Å². The molecular formula is C23H21BrN4O3. The van der Waals surface area contributed by atoms with Gasteiger partial charge in [0.05, 0.1) is 17.3 Å². The summed E-state index contributed by atoms with van der Waals surface area (Å²) < 4.78 is 12.6. The molecule has 2 heterocycles. The van der Waals surface area contributed by atoms with E-state index in [1.807, 2.05) is 55.5 Å². The quantitative estimate of drug-likeness (QED) is 0.347. The second kappa shape index (κ2) is 8.47. The Morgan fingerprint density at radius 1 is 1.16 bits per heavy atom. The third-order valence-electron chi connectivity index (χ3n) is 4.90. The van der Waals surface area contributed by atoms with Crippen molar-refractivity contribution < 1.29 is 14.1 Å². The molecule has 0 unspecified atom stereocenters. The zero-order chi connectivity index (χ0) is 22.1. The molecule has 0 saturated heterocycles. The van der Waals surface area contributed by atoms with Gasteiger partial charge in [-0.05, 0) is 46.5 Å². The Morgan fingerprint density at radius 2 is 1.94 bits per heavy atom. The molecular weight excluding hydrogens is 460 g/mol. The second-order valence-electron chi connectivity index (χ2n) is 7.42. The third-order valence-corrected chi connectivity index (χ3v) is 5.65. The van der Waals surface area contributed by atoms with Gasteiger partial charge in [-0.1, -0.05) is 61.0 Å². The molecule has 31 heavy (non-hydrogen) atoms. The molecule has 0 aliphatic heterocycles. The second-order valence-corrected chi connectivity index (χ2v) is 8.21. The summed E-state index contributed by atoms with van der Waals surface area (Å²) in [6.45, 7) is 6.20. The number of carbonyl (C=O) groups is 1. The van der Waals surface area contributed by atoms with Gasteiger partial charge in [-0.3, -0.25) is 0 Å². The molecule has 0 radical (unpaired) electrons. The lowest BCUT2D eigenvalue weighted by atomic mass is 10.0.